The molecular weight excluding hydrogens is 358 g/mol. The van der Waals surface area contributed by atoms with E-state index in [2.05, 4.69) is 15.9 Å². The second kappa shape index (κ2) is 6.16. The van der Waals surface area contributed by atoms with Crippen LogP contribution >= 0.6 is 15.9 Å². The first-order valence-corrected chi connectivity index (χ1v) is 8.16. The quantitative estimate of drug-likeness (QED) is 0.761. The maximum atomic E-state index is 12.2. The van der Waals surface area contributed by atoms with E-state index in [1.54, 1.807) is 12.1 Å². The molecular formula is C18H16BrNO3. The molecule has 0 saturated carbocycles. The van der Waals surface area contributed by atoms with Gasteiger partial charge in [-0.3, -0.25) is 9.59 Å². The molecule has 0 unspecified atom stereocenters. The van der Waals surface area contributed by atoms with Crippen LogP contribution in [0.5, 0.6) is 5.75 Å². The summed E-state index contributed by atoms with van der Waals surface area (Å²) < 4.78 is 6.39. The van der Waals surface area contributed by atoms with E-state index in [0.29, 0.717) is 17.8 Å². The highest BCUT2D eigenvalue weighted by Crippen LogP contribution is 2.32. The van der Waals surface area contributed by atoms with Crippen LogP contribution < -0.4 is 9.64 Å². The Bertz CT molecular complexity index is 768. The van der Waals surface area contributed by atoms with Crippen molar-refractivity contribution in [2.24, 2.45) is 0 Å². The maximum Gasteiger partial charge on any atom is 0.299 e. The Hall–Kier alpha value is -2.14. The summed E-state index contributed by atoms with van der Waals surface area (Å²) in [5.41, 5.74) is 2.05. The Kier molecular flexibility index (Phi) is 4.22. The van der Waals surface area contributed by atoms with Crippen LogP contribution in [0.25, 0.3) is 0 Å². The normalized spacial score (nSPS) is 13.7. The van der Waals surface area contributed by atoms with Gasteiger partial charge in [0.15, 0.2) is 0 Å². The third-order valence-corrected chi connectivity index (χ3v) is 4.06. The van der Waals surface area contributed by atoms with E-state index in [9.17, 15) is 9.59 Å². The van der Waals surface area contributed by atoms with Crippen molar-refractivity contribution in [1.82, 2.24) is 0 Å². The third-order valence-electron chi connectivity index (χ3n) is 3.57. The standard InChI is InChI=1S/C18H16BrNO3/c1-11(2)23-14-6-3-12(4-7-14)10-20-16-8-5-13(19)9-15(16)17(21)18(20)22/h3-9,11H,10H2,1-2H3. The number of benzene rings is 2. The van der Waals surface area contributed by atoms with Crippen molar-refractivity contribution in [3.8, 4) is 5.75 Å². The lowest BCUT2D eigenvalue weighted by molar-refractivity contribution is -0.114. The van der Waals surface area contributed by atoms with Crippen molar-refractivity contribution in [3.63, 3.8) is 0 Å². The number of hydrogen-bond acceptors (Lipinski definition) is 3. The van der Waals surface area contributed by atoms with Gasteiger partial charge in [0.1, 0.15) is 5.75 Å². The summed E-state index contributed by atoms with van der Waals surface area (Å²) in [6, 6.07) is 12.9. The summed E-state index contributed by atoms with van der Waals surface area (Å²) in [6.07, 6.45) is 0.115. The van der Waals surface area contributed by atoms with Gasteiger partial charge in [-0.1, -0.05) is 28.1 Å². The lowest BCUT2D eigenvalue weighted by atomic mass is 10.1. The fraction of sp³-hybridized carbons (Fsp3) is 0.222. The number of halogens is 1. The largest absolute Gasteiger partial charge is 0.491 e. The number of nitrogens with zero attached hydrogens (tertiary/aromatic N) is 1. The molecule has 5 heteroatoms. The van der Waals surface area contributed by atoms with E-state index in [1.807, 2.05) is 44.2 Å². The van der Waals surface area contributed by atoms with Gasteiger partial charge in [0.25, 0.3) is 11.7 Å². The van der Waals surface area contributed by atoms with E-state index in [4.69, 9.17) is 4.74 Å². The number of anilines is 1. The predicted molar refractivity (Wildman–Crippen MR) is 91.9 cm³/mol. The minimum atomic E-state index is -0.486. The van der Waals surface area contributed by atoms with E-state index < -0.39 is 11.7 Å². The summed E-state index contributed by atoms with van der Waals surface area (Å²) in [5, 5.41) is 0. The number of fused-ring (bicyclic) bond motifs is 1. The van der Waals surface area contributed by atoms with Gasteiger partial charge in [0.05, 0.1) is 23.9 Å². The van der Waals surface area contributed by atoms with Gasteiger partial charge in [0, 0.05) is 4.47 Å². The molecule has 0 N–H and O–H groups in total. The fourth-order valence-electron chi connectivity index (χ4n) is 2.56. The molecule has 0 aliphatic carbocycles. The summed E-state index contributed by atoms with van der Waals surface area (Å²) in [4.78, 5) is 25.8. The van der Waals surface area contributed by atoms with Crippen LogP contribution in [0, 0.1) is 0 Å². The Balaban J connectivity index is 1.83. The number of amides is 1. The molecule has 1 heterocycles. The van der Waals surface area contributed by atoms with Crippen LogP contribution in [-0.4, -0.2) is 17.8 Å². The van der Waals surface area contributed by atoms with Gasteiger partial charge in [-0.25, -0.2) is 0 Å². The van der Waals surface area contributed by atoms with Crippen molar-refractivity contribution >= 4 is 33.3 Å². The summed E-state index contributed by atoms with van der Waals surface area (Å²) >= 11 is 3.33. The molecule has 1 amide bonds. The molecule has 0 radical (unpaired) electrons. The molecule has 0 fully saturated rings. The van der Waals surface area contributed by atoms with Crippen molar-refractivity contribution < 1.29 is 14.3 Å². The van der Waals surface area contributed by atoms with E-state index in [-0.39, 0.29) is 6.10 Å². The summed E-state index contributed by atoms with van der Waals surface area (Å²) in [7, 11) is 0. The first-order chi connectivity index (χ1) is 11.0. The molecule has 0 atom stereocenters. The summed E-state index contributed by atoms with van der Waals surface area (Å²) in [5.74, 6) is -0.154. The highest BCUT2D eigenvalue weighted by atomic mass is 79.9. The SMILES string of the molecule is CC(C)Oc1ccc(CN2C(=O)C(=O)c3cc(Br)ccc32)cc1. The average Bonchev–Trinajstić information content (AvgIpc) is 2.73. The van der Waals surface area contributed by atoms with Crippen molar-refractivity contribution in [2.75, 3.05) is 4.90 Å². The third kappa shape index (κ3) is 3.15. The van der Waals surface area contributed by atoms with Crippen LogP contribution in [0.2, 0.25) is 0 Å². The lowest BCUT2D eigenvalue weighted by Crippen LogP contribution is -2.29. The maximum absolute atomic E-state index is 12.2. The van der Waals surface area contributed by atoms with Gasteiger partial charge < -0.3 is 9.64 Å². The molecule has 0 bridgehead atoms. The first-order valence-electron chi connectivity index (χ1n) is 7.37. The molecule has 3 rings (SSSR count). The minimum Gasteiger partial charge on any atom is -0.491 e. The minimum absolute atomic E-state index is 0.115. The number of hydrogen-bond donors (Lipinski definition) is 0. The van der Waals surface area contributed by atoms with Gasteiger partial charge in [-0.2, -0.15) is 0 Å². The van der Waals surface area contributed by atoms with Gasteiger partial charge in [0.2, 0.25) is 0 Å². The van der Waals surface area contributed by atoms with Crippen LogP contribution in [0.4, 0.5) is 5.69 Å². The zero-order chi connectivity index (χ0) is 16.6. The van der Waals surface area contributed by atoms with Gasteiger partial charge in [-0.05, 0) is 49.7 Å². The number of ketones is 1. The van der Waals surface area contributed by atoms with E-state index >= 15 is 0 Å². The number of carbonyl (C=O) groups excluding carboxylic acids is 2. The van der Waals surface area contributed by atoms with Crippen LogP contribution in [0.1, 0.15) is 29.8 Å². The highest BCUT2D eigenvalue weighted by molar-refractivity contribution is 9.10. The van der Waals surface area contributed by atoms with Gasteiger partial charge >= 0.3 is 0 Å². The fourth-order valence-corrected chi connectivity index (χ4v) is 2.92. The second-order valence-electron chi connectivity index (χ2n) is 5.69. The molecule has 1 aliphatic rings. The Morgan fingerprint density at radius 3 is 2.43 bits per heavy atom. The van der Waals surface area contributed by atoms with Crippen LogP contribution in [-0.2, 0) is 11.3 Å². The predicted octanol–water partition coefficient (Wildman–Crippen LogP) is 3.97. The Labute approximate surface area is 143 Å². The molecule has 0 aromatic heterocycles. The monoisotopic (exact) mass is 373 g/mol. The number of Topliss-reactive ketones (excluding diaryl/α,β-unsaturated/α-hetero) is 1. The molecule has 4 nitrogen and oxygen atoms in total. The Morgan fingerprint density at radius 1 is 1.09 bits per heavy atom. The zero-order valence-corrected chi connectivity index (χ0v) is 14.5. The lowest BCUT2D eigenvalue weighted by Gasteiger charge is -2.17. The molecule has 0 spiro atoms. The molecule has 0 saturated heterocycles. The average molecular weight is 374 g/mol. The molecule has 2 aromatic carbocycles. The van der Waals surface area contributed by atoms with E-state index in [0.717, 1.165) is 15.8 Å². The smallest absolute Gasteiger partial charge is 0.299 e. The second-order valence-corrected chi connectivity index (χ2v) is 6.61. The topological polar surface area (TPSA) is 46.6 Å². The molecule has 118 valence electrons. The van der Waals surface area contributed by atoms with Crippen molar-refractivity contribution in [1.29, 1.82) is 0 Å². The Morgan fingerprint density at radius 2 is 1.78 bits per heavy atom. The van der Waals surface area contributed by atoms with Crippen molar-refractivity contribution in [3.05, 3.63) is 58.1 Å². The number of carbonyl (C=O) groups is 2. The number of ether oxygens (including phenoxy) is 1. The number of rotatable bonds is 4. The zero-order valence-electron chi connectivity index (χ0n) is 12.9. The van der Waals surface area contributed by atoms with Crippen LogP contribution in [0.15, 0.2) is 46.9 Å². The molecule has 23 heavy (non-hydrogen) atoms. The van der Waals surface area contributed by atoms with Gasteiger partial charge in [-0.15, -0.1) is 0 Å². The molecule has 2 aromatic rings. The first kappa shape index (κ1) is 15.7. The van der Waals surface area contributed by atoms with Crippen LogP contribution in [0.3, 0.4) is 0 Å². The molecule has 1 aliphatic heterocycles. The summed E-state index contributed by atoms with van der Waals surface area (Å²) in [6.45, 7) is 4.30. The van der Waals surface area contributed by atoms with Crippen molar-refractivity contribution in [2.45, 2.75) is 26.5 Å². The highest BCUT2D eigenvalue weighted by Gasteiger charge is 2.35. The van der Waals surface area contributed by atoms with E-state index in [1.165, 1.54) is 4.90 Å².